The molecule has 2 aromatic carbocycles. The van der Waals surface area contributed by atoms with Gasteiger partial charge in [0.2, 0.25) is 5.91 Å². The molecule has 0 spiro atoms. The number of amides is 1. The Balaban J connectivity index is 1.95. The molecule has 122 valence electrons. The van der Waals surface area contributed by atoms with Crippen molar-refractivity contribution in [2.24, 2.45) is 11.0 Å². The number of carbonyl (C=O) groups is 1. The SMILES string of the molecule is COc1cccc(-c2ccccc2N2CC(CN=[N+]=[N-])CC2=O)c1. The number of para-hydroxylation sites is 1. The van der Waals surface area contributed by atoms with Gasteiger partial charge in [0, 0.05) is 30.0 Å². The highest BCUT2D eigenvalue weighted by molar-refractivity contribution is 5.99. The highest BCUT2D eigenvalue weighted by Gasteiger charge is 2.31. The van der Waals surface area contributed by atoms with Crippen molar-refractivity contribution in [2.45, 2.75) is 6.42 Å². The van der Waals surface area contributed by atoms with Crippen LogP contribution in [-0.4, -0.2) is 26.1 Å². The minimum Gasteiger partial charge on any atom is -0.497 e. The van der Waals surface area contributed by atoms with Gasteiger partial charge in [-0.2, -0.15) is 0 Å². The zero-order valence-electron chi connectivity index (χ0n) is 13.4. The lowest BCUT2D eigenvalue weighted by atomic mass is 10.0. The van der Waals surface area contributed by atoms with E-state index in [4.69, 9.17) is 10.3 Å². The summed E-state index contributed by atoms with van der Waals surface area (Å²) in [4.78, 5) is 17.0. The van der Waals surface area contributed by atoms with Crippen LogP contribution in [0.25, 0.3) is 21.6 Å². The Hall–Kier alpha value is -2.98. The van der Waals surface area contributed by atoms with E-state index < -0.39 is 0 Å². The molecule has 1 saturated heterocycles. The molecule has 1 atom stereocenters. The summed E-state index contributed by atoms with van der Waals surface area (Å²) in [5.41, 5.74) is 11.3. The molecule has 1 amide bonds. The molecule has 1 fully saturated rings. The number of hydrogen-bond donors (Lipinski definition) is 0. The predicted molar refractivity (Wildman–Crippen MR) is 92.9 cm³/mol. The number of ether oxygens (including phenoxy) is 1. The van der Waals surface area contributed by atoms with Gasteiger partial charge in [0.15, 0.2) is 0 Å². The second-order valence-electron chi connectivity index (χ2n) is 5.74. The molecule has 1 aliphatic heterocycles. The molecule has 24 heavy (non-hydrogen) atoms. The maximum atomic E-state index is 12.4. The first-order valence-corrected chi connectivity index (χ1v) is 7.77. The van der Waals surface area contributed by atoms with E-state index in [1.165, 1.54) is 0 Å². The topological polar surface area (TPSA) is 78.3 Å². The lowest BCUT2D eigenvalue weighted by molar-refractivity contribution is -0.117. The fraction of sp³-hybridized carbons (Fsp3) is 0.278. The van der Waals surface area contributed by atoms with Crippen molar-refractivity contribution in [2.75, 3.05) is 25.1 Å². The zero-order chi connectivity index (χ0) is 16.9. The third-order valence-corrected chi connectivity index (χ3v) is 4.18. The monoisotopic (exact) mass is 322 g/mol. The van der Waals surface area contributed by atoms with Crippen molar-refractivity contribution < 1.29 is 9.53 Å². The fourth-order valence-corrected chi connectivity index (χ4v) is 3.03. The third kappa shape index (κ3) is 3.19. The largest absolute Gasteiger partial charge is 0.497 e. The second kappa shape index (κ2) is 7.06. The summed E-state index contributed by atoms with van der Waals surface area (Å²) in [7, 11) is 1.63. The zero-order valence-corrected chi connectivity index (χ0v) is 13.4. The van der Waals surface area contributed by atoms with Crippen LogP contribution in [0.1, 0.15) is 6.42 Å². The van der Waals surface area contributed by atoms with Crippen LogP contribution in [0.5, 0.6) is 5.75 Å². The van der Waals surface area contributed by atoms with Crippen molar-refractivity contribution in [3.8, 4) is 16.9 Å². The van der Waals surface area contributed by atoms with Gasteiger partial charge in [0.25, 0.3) is 0 Å². The van der Waals surface area contributed by atoms with Gasteiger partial charge < -0.3 is 9.64 Å². The number of methoxy groups -OCH3 is 1. The summed E-state index contributed by atoms with van der Waals surface area (Å²) in [6.07, 6.45) is 0.408. The van der Waals surface area contributed by atoms with Crippen LogP contribution < -0.4 is 9.64 Å². The summed E-state index contributed by atoms with van der Waals surface area (Å²) < 4.78 is 5.30. The lowest BCUT2D eigenvalue weighted by Crippen LogP contribution is -2.25. The van der Waals surface area contributed by atoms with Gasteiger partial charge in [-0.15, -0.1) is 0 Å². The molecule has 1 aliphatic rings. The first kappa shape index (κ1) is 15.9. The Bertz CT molecular complexity index is 799. The molecule has 0 radical (unpaired) electrons. The second-order valence-corrected chi connectivity index (χ2v) is 5.74. The molecule has 0 aliphatic carbocycles. The average Bonchev–Trinajstić information content (AvgIpc) is 3.00. The molecule has 0 bridgehead atoms. The maximum absolute atomic E-state index is 12.4. The lowest BCUT2D eigenvalue weighted by Gasteiger charge is -2.20. The number of hydrogen-bond acceptors (Lipinski definition) is 3. The van der Waals surface area contributed by atoms with E-state index in [9.17, 15) is 4.79 Å². The van der Waals surface area contributed by atoms with Crippen LogP contribution in [0, 0.1) is 5.92 Å². The van der Waals surface area contributed by atoms with Gasteiger partial charge in [-0.05, 0) is 35.2 Å². The van der Waals surface area contributed by atoms with Crippen molar-refractivity contribution in [3.05, 3.63) is 59.0 Å². The summed E-state index contributed by atoms with van der Waals surface area (Å²) in [6.45, 7) is 0.916. The van der Waals surface area contributed by atoms with E-state index >= 15 is 0 Å². The Morgan fingerprint density at radius 2 is 2.12 bits per heavy atom. The normalized spacial score (nSPS) is 16.8. The predicted octanol–water partition coefficient (Wildman–Crippen LogP) is 4.03. The molecule has 3 rings (SSSR count). The van der Waals surface area contributed by atoms with Crippen molar-refractivity contribution in [3.63, 3.8) is 0 Å². The van der Waals surface area contributed by atoms with E-state index in [0.717, 1.165) is 22.6 Å². The molecule has 1 heterocycles. The van der Waals surface area contributed by atoms with Gasteiger partial charge in [0.05, 0.1) is 12.8 Å². The minimum atomic E-state index is 0.0588. The van der Waals surface area contributed by atoms with E-state index in [1.54, 1.807) is 12.0 Å². The fourth-order valence-electron chi connectivity index (χ4n) is 3.03. The van der Waals surface area contributed by atoms with Crippen LogP contribution in [-0.2, 0) is 4.79 Å². The molecular weight excluding hydrogens is 304 g/mol. The molecule has 6 nitrogen and oxygen atoms in total. The van der Waals surface area contributed by atoms with Gasteiger partial charge in [0.1, 0.15) is 5.75 Å². The van der Waals surface area contributed by atoms with Gasteiger partial charge >= 0.3 is 0 Å². The number of carbonyl (C=O) groups excluding carboxylic acids is 1. The van der Waals surface area contributed by atoms with Crippen molar-refractivity contribution >= 4 is 11.6 Å². The van der Waals surface area contributed by atoms with E-state index in [0.29, 0.717) is 19.5 Å². The quantitative estimate of drug-likeness (QED) is 0.473. The van der Waals surface area contributed by atoms with Gasteiger partial charge in [-0.25, -0.2) is 0 Å². The molecule has 0 saturated carbocycles. The highest BCUT2D eigenvalue weighted by atomic mass is 16.5. The number of anilines is 1. The molecule has 2 aromatic rings. The highest BCUT2D eigenvalue weighted by Crippen LogP contribution is 2.35. The number of nitrogens with zero attached hydrogens (tertiary/aromatic N) is 4. The summed E-state index contributed by atoms with van der Waals surface area (Å²) in [6, 6.07) is 15.6. The van der Waals surface area contributed by atoms with Gasteiger partial charge in [-0.3, -0.25) is 4.79 Å². The molecule has 6 heteroatoms. The Morgan fingerprint density at radius 1 is 1.29 bits per heavy atom. The Kier molecular flexibility index (Phi) is 4.68. The average molecular weight is 322 g/mol. The Morgan fingerprint density at radius 3 is 2.92 bits per heavy atom. The van der Waals surface area contributed by atoms with E-state index in [-0.39, 0.29) is 11.8 Å². The molecule has 0 aromatic heterocycles. The standard InChI is InChI=1S/C18H18N4O2/c1-24-15-6-4-5-14(10-15)16-7-2-3-8-17(16)22-12-13(9-18(22)23)11-20-21-19/h2-8,10,13H,9,11-12H2,1H3. The van der Waals surface area contributed by atoms with E-state index in [1.807, 2.05) is 48.5 Å². The van der Waals surface area contributed by atoms with Crippen LogP contribution in [0.3, 0.4) is 0 Å². The van der Waals surface area contributed by atoms with Crippen molar-refractivity contribution in [1.29, 1.82) is 0 Å². The summed E-state index contributed by atoms with van der Waals surface area (Å²) in [5.74, 6) is 0.895. The van der Waals surface area contributed by atoms with Crippen LogP contribution in [0.2, 0.25) is 0 Å². The van der Waals surface area contributed by atoms with Crippen LogP contribution in [0.15, 0.2) is 53.6 Å². The number of benzene rings is 2. The first-order chi connectivity index (χ1) is 11.7. The number of rotatable bonds is 5. The van der Waals surface area contributed by atoms with E-state index in [2.05, 4.69) is 10.0 Å². The summed E-state index contributed by atoms with van der Waals surface area (Å²) >= 11 is 0. The molecule has 1 unspecified atom stereocenters. The van der Waals surface area contributed by atoms with Crippen LogP contribution in [0.4, 0.5) is 5.69 Å². The van der Waals surface area contributed by atoms with Crippen molar-refractivity contribution in [1.82, 2.24) is 0 Å². The maximum Gasteiger partial charge on any atom is 0.227 e. The van der Waals surface area contributed by atoms with Crippen LogP contribution >= 0.6 is 0 Å². The Labute approximate surface area is 140 Å². The number of azide groups is 1. The summed E-state index contributed by atoms with van der Waals surface area (Å²) in [5, 5.41) is 3.60. The third-order valence-electron chi connectivity index (χ3n) is 4.18. The first-order valence-electron chi connectivity index (χ1n) is 7.77. The van der Waals surface area contributed by atoms with Gasteiger partial charge in [-0.1, -0.05) is 35.4 Å². The smallest absolute Gasteiger partial charge is 0.227 e. The molecule has 0 N–H and O–H groups in total. The molecular formula is C18H18N4O2. The minimum absolute atomic E-state index is 0.0588.